The Kier molecular flexibility index (Phi) is 5.06. The van der Waals surface area contributed by atoms with E-state index in [-0.39, 0.29) is 5.60 Å². The van der Waals surface area contributed by atoms with Crippen LogP contribution in [-0.2, 0) is 9.47 Å². The maximum absolute atomic E-state index is 6.01. The molecule has 23 heavy (non-hydrogen) atoms. The normalized spacial score (nSPS) is 28.7. The Bertz CT molecular complexity index is 475. The van der Waals surface area contributed by atoms with Crippen LogP contribution in [0.3, 0.4) is 0 Å². The van der Waals surface area contributed by atoms with Gasteiger partial charge in [-0.25, -0.2) is 0 Å². The van der Waals surface area contributed by atoms with E-state index in [1.54, 1.807) is 0 Å². The molecule has 130 valence electrons. The number of amidine groups is 1. The first-order valence-electron chi connectivity index (χ1n) is 8.66. The van der Waals surface area contributed by atoms with Crippen LogP contribution >= 0.6 is 0 Å². The Labute approximate surface area is 138 Å². The van der Waals surface area contributed by atoms with Crippen molar-refractivity contribution in [2.24, 2.45) is 10.1 Å². The Morgan fingerprint density at radius 3 is 2.74 bits per heavy atom. The second-order valence-electron chi connectivity index (χ2n) is 6.72. The summed E-state index contributed by atoms with van der Waals surface area (Å²) in [4.78, 5) is 9.39. The van der Waals surface area contributed by atoms with Crippen LogP contribution in [0, 0.1) is 0 Å². The molecule has 7 nitrogen and oxygen atoms in total. The lowest BCUT2D eigenvalue weighted by atomic mass is 9.79. The Hall–Kier alpha value is -1.34. The number of nitrogens with zero attached hydrogens (tertiary/aromatic N) is 4. The lowest BCUT2D eigenvalue weighted by Crippen LogP contribution is -2.57. The summed E-state index contributed by atoms with van der Waals surface area (Å²) in [6, 6.07) is 0.353. The Morgan fingerprint density at radius 2 is 2.09 bits per heavy atom. The number of morpholine rings is 2. The summed E-state index contributed by atoms with van der Waals surface area (Å²) in [5, 5.41) is 4.42. The van der Waals surface area contributed by atoms with Crippen molar-refractivity contribution in [2.45, 2.75) is 44.8 Å². The van der Waals surface area contributed by atoms with Crippen LogP contribution in [0.5, 0.6) is 0 Å². The Morgan fingerprint density at radius 1 is 1.26 bits per heavy atom. The van der Waals surface area contributed by atoms with E-state index in [0.29, 0.717) is 6.04 Å². The molecule has 7 heteroatoms. The standard InChI is InChI=1S/C16H29N5O2/c1-13-11-22-9-8-21(13)14(2)18-15(19-17-3)20-7-10-23-16(12-20)5-4-6-16/h13,17H,4-12H2,1-3H3/b18-14?,19-15+/t13-/m0/s1. The molecule has 1 aliphatic carbocycles. The summed E-state index contributed by atoms with van der Waals surface area (Å²) in [6.07, 6.45) is 3.57. The fourth-order valence-electron chi connectivity index (χ4n) is 3.57. The van der Waals surface area contributed by atoms with Gasteiger partial charge in [-0.2, -0.15) is 4.99 Å². The summed E-state index contributed by atoms with van der Waals surface area (Å²) in [5.74, 6) is 1.77. The topological polar surface area (TPSA) is 61.7 Å². The highest BCUT2D eigenvalue weighted by atomic mass is 16.5. The van der Waals surface area contributed by atoms with Crippen molar-refractivity contribution in [2.75, 3.05) is 46.5 Å². The van der Waals surface area contributed by atoms with Gasteiger partial charge >= 0.3 is 0 Å². The zero-order valence-corrected chi connectivity index (χ0v) is 14.5. The second-order valence-corrected chi connectivity index (χ2v) is 6.72. The predicted molar refractivity (Wildman–Crippen MR) is 90.7 cm³/mol. The number of ether oxygens (including phenoxy) is 2. The molecule has 1 saturated carbocycles. The number of hydrogen-bond acceptors (Lipinski definition) is 4. The number of hydrogen-bond donors (Lipinski definition) is 1. The maximum atomic E-state index is 6.01. The minimum absolute atomic E-state index is 0.0441. The van der Waals surface area contributed by atoms with Crippen LogP contribution in [-0.4, -0.2) is 79.7 Å². The number of aliphatic imine (C=N–C) groups is 1. The molecule has 3 fully saturated rings. The first-order valence-corrected chi connectivity index (χ1v) is 8.66. The van der Waals surface area contributed by atoms with Gasteiger partial charge < -0.3 is 24.7 Å². The number of hydrazone groups is 1. The van der Waals surface area contributed by atoms with Crippen molar-refractivity contribution >= 4 is 11.8 Å². The smallest absolute Gasteiger partial charge is 0.244 e. The first-order chi connectivity index (χ1) is 11.1. The summed E-state index contributed by atoms with van der Waals surface area (Å²) >= 11 is 0. The summed E-state index contributed by atoms with van der Waals surface area (Å²) in [5.41, 5.74) is 2.95. The van der Waals surface area contributed by atoms with Gasteiger partial charge in [-0.15, -0.1) is 5.10 Å². The van der Waals surface area contributed by atoms with Gasteiger partial charge in [0, 0.05) is 20.1 Å². The van der Waals surface area contributed by atoms with Crippen molar-refractivity contribution in [1.29, 1.82) is 0 Å². The monoisotopic (exact) mass is 323 g/mol. The molecule has 1 spiro atoms. The van der Waals surface area contributed by atoms with Gasteiger partial charge in [-0.05, 0) is 33.1 Å². The lowest BCUT2D eigenvalue weighted by molar-refractivity contribution is -0.138. The summed E-state index contributed by atoms with van der Waals surface area (Å²) < 4.78 is 11.5. The van der Waals surface area contributed by atoms with Gasteiger partial charge in [0.15, 0.2) is 0 Å². The van der Waals surface area contributed by atoms with E-state index in [0.717, 1.165) is 64.1 Å². The minimum Gasteiger partial charge on any atom is -0.377 e. The van der Waals surface area contributed by atoms with Gasteiger partial charge in [0.25, 0.3) is 0 Å². The summed E-state index contributed by atoms with van der Waals surface area (Å²) in [7, 11) is 1.82. The van der Waals surface area contributed by atoms with E-state index in [2.05, 4.69) is 34.2 Å². The van der Waals surface area contributed by atoms with Crippen molar-refractivity contribution in [3.63, 3.8) is 0 Å². The van der Waals surface area contributed by atoms with E-state index in [9.17, 15) is 0 Å². The van der Waals surface area contributed by atoms with Gasteiger partial charge in [0.05, 0.1) is 38.0 Å². The molecule has 0 aromatic carbocycles. The molecule has 2 saturated heterocycles. The van der Waals surface area contributed by atoms with Crippen LogP contribution in [0.25, 0.3) is 0 Å². The van der Waals surface area contributed by atoms with E-state index in [4.69, 9.17) is 14.5 Å². The zero-order valence-electron chi connectivity index (χ0n) is 14.5. The molecule has 0 unspecified atom stereocenters. The molecule has 1 atom stereocenters. The average molecular weight is 323 g/mol. The van der Waals surface area contributed by atoms with Crippen LogP contribution < -0.4 is 5.43 Å². The molecule has 0 aromatic rings. The Balaban J connectivity index is 1.73. The lowest BCUT2D eigenvalue weighted by Gasteiger charge is -2.48. The zero-order chi connectivity index (χ0) is 16.3. The average Bonchev–Trinajstić information content (AvgIpc) is 2.53. The summed E-state index contributed by atoms with van der Waals surface area (Å²) in [6.45, 7) is 9.13. The minimum atomic E-state index is 0.0441. The fraction of sp³-hybridized carbons (Fsp3) is 0.875. The van der Waals surface area contributed by atoms with Gasteiger partial charge in [0.2, 0.25) is 5.96 Å². The molecular weight excluding hydrogens is 294 g/mol. The van der Waals surface area contributed by atoms with Crippen LogP contribution in [0.1, 0.15) is 33.1 Å². The quantitative estimate of drug-likeness (QED) is 0.441. The molecule has 0 radical (unpaired) electrons. The number of guanidine groups is 1. The van der Waals surface area contributed by atoms with Gasteiger partial charge in [-0.3, -0.25) is 0 Å². The fourth-order valence-corrected chi connectivity index (χ4v) is 3.57. The second kappa shape index (κ2) is 7.05. The highest BCUT2D eigenvalue weighted by molar-refractivity contribution is 5.95. The third kappa shape index (κ3) is 3.61. The molecule has 3 aliphatic rings. The highest BCUT2D eigenvalue weighted by Gasteiger charge is 2.43. The van der Waals surface area contributed by atoms with E-state index >= 15 is 0 Å². The molecule has 3 rings (SSSR count). The largest absolute Gasteiger partial charge is 0.377 e. The maximum Gasteiger partial charge on any atom is 0.244 e. The molecule has 2 aliphatic heterocycles. The van der Waals surface area contributed by atoms with E-state index in [1.807, 2.05) is 7.05 Å². The third-order valence-corrected chi connectivity index (χ3v) is 5.05. The van der Waals surface area contributed by atoms with Crippen LogP contribution in [0.2, 0.25) is 0 Å². The molecule has 0 amide bonds. The molecule has 1 N–H and O–H groups in total. The predicted octanol–water partition coefficient (Wildman–Crippen LogP) is 0.871. The molecule has 0 bridgehead atoms. The van der Waals surface area contributed by atoms with Gasteiger partial charge in [-0.1, -0.05) is 0 Å². The number of rotatable bonds is 1. The molecular formula is C16H29N5O2. The number of nitrogens with one attached hydrogen (secondary N) is 1. The van der Waals surface area contributed by atoms with Crippen LogP contribution in [0.4, 0.5) is 0 Å². The highest BCUT2D eigenvalue weighted by Crippen LogP contribution is 2.38. The van der Waals surface area contributed by atoms with Crippen molar-refractivity contribution in [3.8, 4) is 0 Å². The first kappa shape index (κ1) is 16.5. The van der Waals surface area contributed by atoms with Crippen molar-refractivity contribution < 1.29 is 9.47 Å². The SMILES string of the molecule is CN/N=C(\N=C(C)N1CCOC[C@@H]1C)N1CCOC2(CCC2)C1. The third-order valence-electron chi connectivity index (χ3n) is 5.05. The molecule has 0 aromatic heterocycles. The molecule has 2 heterocycles. The van der Waals surface area contributed by atoms with E-state index < -0.39 is 0 Å². The van der Waals surface area contributed by atoms with Crippen LogP contribution in [0.15, 0.2) is 10.1 Å². The van der Waals surface area contributed by atoms with E-state index in [1.165, 1.54) is 6.42 Å². The van der Waals surface area contributed by atoms with Crippen molar-refractivity contribution in [3.05, 3.63) is 0 Å². The van der Waals surface area contributed by atoms with Crippen molar-refractivity contribution in [1.82, 2.24) is 15.2 Å². The van der Waals surface area contributed by atoms with Gasteiger partial charge in [0.1, 0.15) is 5.84 Å².